The number of aromatic nitrogens is 2. The number of hydrogen-bond donors (Lipinski definition) is 0. The molecule has 1 aromatic rings. The molecule has 0 amide bonds. The van der Waals surface area contributed by atoms with Gasteiger partial charge in [-0.05, 0) is 45.3 Å². The van der Waals surface area contributed by atoms with Crippen molar-refractivity contribution >= 4 is 0 Å². The van der Waals surface area contributed by atoms with Crippen LogP contribution in [0.3, 0.4) is 0 Å². The van der Waals surface area contributed by atoms with Crippen LogP contribution in [-0.4, -0.2) is 47.8 Å². The summed E-state index contributed by atoms with van der Waals surface area (Å²) in [6.45, 7) is 7.91. The van der Waals surface area contributed by atoms with E-state index in [4.69, 9.17) is 4.74 Å². The van der Waals surface area contributed by atoms with E-state index in [0.717, 1.165) is 13.2 Å². The predicted molar refractivity (Wildman–Crippen MR) is 83.9 cm³/mol. The third-order valence-electron chi connectivity index (χ3n) is 3.56. The highest BCUT2D eigenvalue weighted by Gasteiger charge is 2.03. The fraction of sp³-hybridized carbons (Fsp3) is 0.812. The molecular weight excluding hydrogens is 250 g/mol. The standard InChI is InChI=1S/C16H31N3O/c1-3-10-18(11-6-4-5-7-15-20-2)12-8-13-19-14-9-17-16-19/h9,14,16H,3-8,10-13,15H2,1-2H3. The monoisotopic (exact) mass is 281 g/mol. The molecule has 20 heavy (non-hydrogen) atoms. The van der Waals surface area contributed by atoms with Gasteiger partial charge in [-0.1, -0.05) is 19.8 Å². The summed E-state index contributed by atoms with van der Waals surface area (Å²) >= 11 is 0. The topological polar surface area (TPSA) is 30.3 Å². The van der Waals surface area contributed by atoms with Crippen LogP contribution in [0.25, 0.3) is 0 Å². The number of methoxy groups -OCH3 is 1. The highest BCUT2D eigenvalue weighted by Crippen LogP contribution is 2.04. The third kappa shape index (κ3) is 8.33. The molecule has 0 saturated heterocycles. The Morgan fingerprint density at radius 1 is 1.05 bits per heavy atom. The van der Waals surface area contributed by atoms with Crippen LogP contribution in [0.5, 0.6) is 0 Å². The Hall–Kier alpha value is -0.870. The van der Waals surface area contributed by atoms with Crippen molar-refractivity contribution in [3.63, 3.8) is 0 Å². The minimum absolute atomic E-state index is 0.906. The average molecular weight is 281 g/mol. The van der Waals surface area contributed by atoms with E-state index in [1.807, 2.05) is 18.7 Å². The lowest BCUT2D eigenvalue weighted by atomic mass is 10.2. The highest BCUT2D eigenvalue weighted by molar-refractivity contribution is 4.74. The van der Waals surface area contributed by atoms with Crippen LogP contribution in [-0.2, 0) is 11.3 Å². The first-order valence-corrected chi connectivity index (χ1v) is 8.04. The van der Waals surface area contributed by atoms with Gasteiger partial charge in [-0.25, -0.2) is 4.98 Å². The maximum absolute atomic E-state index is 5.08. The van der Waals surface area contributed by atoms with Gasteiger partial charge in [0.15, 0.2) is 0 Å². The molecule has 0 unspecified atom stereocenters. The van der Waals surface area contributed by atoms with E-state index in [1.165, 1.54) is 58.2 Å². The van der Waals surface area contributed by atoms with Gasteiger partial charge in [-0.3, -0.25) is 0 Å². The van der Waals surface area contributed by atoms with Gasteiger partial charge in [0.25, 0.3) is 0 Å². The molecule has 116 valence electrons. The van der Waals surface area contributed by atoms with E-state index in [0.29, 0.717) is 0 Å². The Morgan fingerprint density at radius 3 is 2.55 bits per heavy atom. The van der Waals surface area contributed by atoms with Crippen LogP contribution in [0, 0.1) is 0 Å². The zero-order valence-electron chi connectivity index (χ0n) is 13.3. The van der Waals surface area contributed by atoms with Crippen molar-refractivity contribution in [3.8, 4) is 0 Å². The number of imidazole rings is 1. The van der Waals surface area contributed by atoms with Gasteiger partial charge in [-0.15, -0.1) is 0 Å². The summed E-state index contributed by atoms with van der Waals surface area (Å²) in [6, 6.07) is 0. The Kier molecular flexibility index (Phi) is 10.2. The zero-order chi connectivity index (χ0) is 14.5. The van der Waals surface area contributed by atoms with Crippen LogP contribution in [0.4, 0.5) is 0 Å². The number of ether oxygens (including phenoxy) is 1. The van der Waals surface area contributed by atoms with Gasteiger partial charge in [0, 0.05) is 32.7 Å². The van der Waals surface area contributed by atoms with Gasteiger partial charge in [0.05, 0.1) is 6.33 Å². The van der Waals surface area contributed by atoms with Crippen LogP contribution in [0.2, 0.25) is 0 Å². The van der Waals surface area contributed by atoms with Gasteiger partial charge >= 0.3 is 0 Å². The second-order valence-electron chi connectivity index (χ2n) is 5.40. The van der Waals surface area contributed by atoms with Crippen molar-refractivity contribution in [1.29, 1.82) is 0 Å². The lowest BCUT2D eigenvalue weighted by Gasteiger charge is -2.21. The molecule has 0 bridgehead atoms. The lowest BCUT2D eigenvalue weighted by Crippen LogP contribution is -2.27. The van der Waals surface area contributed by atoms with Crippen LogP contribution in [0.1, 0.15) is 45.4 Å². The van der Waals surface area contributed by atoms with E-state index in [1.54, 1.807) is 7.11 Å². The molecule has 0 N–H and O–H groups in total. The number of nitrogens with zero attached hydrogens (tertiary/aromatic N) is 3. The van der Waals surface area contributed by atoms with Gasteiger partial charge in [0.1, 0.15) is 0 Å². The van der Waals surface area contributed by atoms with Gasteiger partial charge < -0.3 is 14.2 Å². The Labute approximate surface area is 124 Å². The molecule has 1 aromatic heterocycles. The van der Waals surface area contributed by atoms with Crippen molar-refractivity contribution in [3.05, 3.63) is 18.7 Å². The third-order valence-corrected chi connectivity index (χ3v) is 3.56. The highest BCUT2D eigenvalue weighted by atomic mass is 16.5. The van der Waals surface area contributed by atoms with Crippen LogP contribution >= 0.6 is 0 Å². The van der Waals surface area contributed by atoms with E-state index >= 15 is 0 Å². The molecule has 0 aliphatic heterocycles. The summed E-state index contributed by atoms with van der Waals surface area (Å²) in [5.41, 5.74) is 0. The molecule has 0 fully saturated rings. The minimum atomic E-state index is 0.906. The fourth-order valence-electron chi connectivity index (χ4n) is 2.48. The van der Waals surface area contributed by atoms with Crippen LogP contribution in [0.15, 0.2) is 18.7 Å². The minimum Gasteiger partial charge on any atom is -0.385 e. The Morgan fingerprint density at radius 2 is 1.85 bits per heavy atom. The average Bonchev–Trinajstić information content (AvgIpc) is 2.96. The summed E-state index contributed by atoms with van der Waals surface area (Å²) in [5.74, 6) is 0. The molecule has 0 aromatic carbocycles. The van der Waals surface area contributed by atoms with E-state index < -0.39 is 0 Å². The predicted octanol–water partition coefficient (Wildman–Crippen LogP) is 3.19. The molecule has 0 aliphatic carbocycles. The SMILES string of the molecule is CCCN(CCCCCCOC)CCCn1ccnc1. The van der Waals surface area contributed by atoms with E-state index in [9.17, 15) is 0 Å². The van der Waals surface area contributed by atoms with Crippen LogP contribution < -0.4 is 0 Å². The van der Waals surface area contributed by atoms with Crippen molar-refractivity contribution in [2.45, 2.75) is 52.0 Å². The van der Waals surface area contributed by atoms with Crippen molar-refractivity contribution in [2.75, 3.05) is 33.4 Å². The molecule has 0 atom stereocenters. The van der Waals surface area contributed by atoms with E-state index in [2.05, 4.69) is 21.4 Å². The summed E-state index contributed by atoms with van der Waals surface area (Å²) in [5, 5.41) is 0. The second-order valence-corrected chi connectivity index (χ2v) is 5.40. The molecule has 4 nitrogen and oxygen atoms in total. The molecular formula is C16H31N3O. The lowest BCUT2D eigenvalue weighted by molar-refractivity contribution is 0.190. The van der Waals surface area contributed by atoms with Gasteiger partial charge in [0.2, 0.25) is 0 Å². The largest absolute Gasteiger partial charge is 0.385 e. The molecule has 0 radical (unpaired) electrons. The Bertz CT molecular complexity index is 301. The molecule has 0 saturated carbocycles. The summed E-state index contributed by atoms with van der Waals surface area (Å²) in [4.78, 5) is 6.68. The quantitative estimate of drug-likeness (QED) is 0.520. The smallest absolute Gasteiger partial charge is 0.0945 e. The van der Waals surface area contributed by atoms with Crippen molar-refractivity contribution < 1.29 is 4.74 Å². The zero-order valence-corrected chi connectivity index (χ0v) is 13.3. The number of rotatable bonds is 13. The fourth-order valence-corrected chi connectivity index (χ4v) is 2.48. The van der Waals surface area contributed by atoms with Gasteiger partial charge in [-0.2, -0.15) is 0 Å². The van der Waals surface area contributed by atoms with Crippen molar-refractivity contribution in [2.24, 2.45) is 0 Å². The normalized spacial score (nSPS) is 11.3. The molecule has 0 aliphatic rings. The summed E-state index contributed by atoms with van der Waals surface area (Å²) in [6.07, 6.45) is 13.4. The van der Waals surface area contributed by atoms with Crippen molar-refractivity contribution in [1.82, 2.24) is 14.5 Å². The molecule has 0 spiro atoms. The number of unbranched alkanes of at least 4 members (excludes halogenated alkanes) is 3. The first-order chi connectivity index (χ1) is 9.86. The molecule has 4 heteroatoms. The maximum Gasteiger partial charge on any atom is 0.0945 e. The number of aryl methyl sites for hydroxylation is 1. The summed E-state index contributed by atoms with van der Waals surface area (Å²) in [7, 11) is 1.78. The molecule has 1 heterocycles. The maximum atomic E-state index is 5.08. The molecule has 1 rings (SSSR count). The van der Waals surface area contributed by atoms with E-state index in [-0.39, 0.29) is 0 Å². The first-order valence-electron chi connectivity index (χ1n) is 8.04. The summed E-state index contributed by atoms with van der Waals surface area (Å²) < 4.78 is 7.24. The number of hydrogen-bond acceptors (Lipinski definition) is 3. The second kappa shape index (κ2) is 11.9. The Balaban J connectivity index is 2.06. The first kappa shape index (κ1) is 17.2.